The Morgan fingerprint density at radius 2 is 2.26 bits per heavy atom. The van der Waals surface area contributed by atoms with Crippen molar-refractivity contribution in [1.29, 1.82) is 0 Å². The second kappa shape index (κ2) is 6.45. The molecule has 1 aromatic heterocycles. The number of likely N-dealkylation sites (tertiary alicyclic amines) is 1. The molecule has 6 heteroatoms. The van der Waals surface area contributed by atoms with E-state index in [0.717, 1.165) is 22.8 Å². The molecule has 1 fully saturated rings. The van der Waals surface area contributed by atoms with Gasteiger partial charge in [0.2, 0.25) is 0 Å². The normalized spacial score (nSPS) is 17.9. The number of carbonyl (C=O) groups is 1. The lowest BCUT2D eigenvalue weighted by molar-refractivity contribution is 0.0782. The topological polar surface area (TPSA) is 62.6 Å². The number of hydrogen-bond acceptors (Lipinski definition) is 4. The number of nitrogens with one attached hydrogen (secondary N) is 1. The number of halogens is 1. The minimum Gasteiger partial charge on any atom is -0.422 e. The highest BCUT2D eigenvalue weighted by Crippen LogP contribution is 2.25. The fraction of sp³-hybridized carbons (Fsp3) is 0.412. The van der Waals surface area contributed by atoms with Gasteiger partial charge in [-0.25, -0.2) is 4.79 Å². The molecule has 0 spiro atoms. The van der Waals surface area contributed by atoms with Gasteiger partial charge in [-0.1, -0.05) is 15.9 Å². The van der Waals surface area contributed by atoms with Crippen molar-refractivity contribution < 1.29 is 9.21 Å². The van der Waals surface area contributed by atoms with Gasteiger partial charge in [0.25, 0.3) is 5.91 Å². The van der Waals surface area contributed by atoms with E-state index in [1.54, 1.807) is 17.9 Å². The molecule has 2 aromatic rings. The van der Waals surface area contributed by atoms with Crippen LogP contribution in [-0.4, -0.2) is 37.5 Å². The summed E-state index contributed by atoms with van der Waals surface area (Å²) in [5.74, 6) is 0.211. The van der Waals surface area contributed by atoms with E-state index < -0.39 is 5.63 Å². The average molecular weight is 379 g/mol. The Morgan fingerprint density at radius 3 is 3.00 bits per heavy atom. The van der Waals surface area contributed by atoms with Crippen LogP contribution in [0.3, 0.4) is 0 Å². The maximum atomic E-state index is 12.8. The number of rotatable bonds is 3. The van der Waals surface area contributed by atoms with E-state index in [4.69, 9.17) is 4.42 Å². The van der Waals surface area contributed by atoms with Crippen molar-refractivity contribution in [2.75, 3.05) is 26.7 Å². The third kappa shape index (κ3) is 3.05. The molecule has 0 saturated carbocycles. The summed E-state index contributed by atoms with van der Waals surface area (Å²) in [6.45, 7) is 4.04. The first-order chi connectivity index (χ1) is 11.0. The van der Waals surface area contributed by atoms with Crippen molar-refractivity contribution >= 4 is 32.8 Å². The molecule has 1 aliphatic rings. The third-order valence-corrected chi connectivity index (χ3v) is 4.90. The molecular formula is C17H19BrN2O3. The lowest BCUT2D eigenvalue weighted by Gasteiger charge is -2.17. The molecule has 0 bridgehead atoms. The number of carbonyl (C=O) groups excluding carboxylic acids is 1. The number of amides is 1. The molecule has 0 aliphatic carbocycles. The zero-order valence-corrected chi connectivity index (χ0v) is 14.8. The minimum absolute atomic E-state index is 0.153. The SMILES string of the molecule is CNCC1CCN(C(=O)c2c(C)c3cc(Br)ccc3oc2=O)C1. The van der Waals surface area contributed by atoms with Gasteiger partial charge in [-0.3, -0.25) is 4.79 Å². The number of hydrogen-bond donors (Lipinski definition) is 1. The van der Waals surface area contributed by atoms with Gasteiger partial charge in [0.05, 0.1) is 0 Å². The summed E-state index contributed by atoms with van der Waals surface area (Å²) in [7, 11) is 1.91. The van der Waals surface area contributed by atoms with Crippen LogP contribution in [0.25, 0.3) is 11.0 Å². The first kappa shape index (κ1) is 16.2. The summed E-state index contributed by atoms with van der Waals surface area (Å²) >= 11 is 3.42. The van der Waals surface area contributed by atoms with Crippen LogP contribution in [-0.2, 0) is 0 Å². The molecule has 1 atom stereocenters. The van der Waals surface area contributed by atoms with E-state index in [1.165, 1.54) is 0 Å². The zero-order valence-electron chi connectivity index (χ0n) is 13.2. The predicted molar refractivity (Wildman–Crippen MR) is 92.9 cm³/mol. The van der Waals surface area contributed by atoms with Gasteiger partial charge < -0.3 is 14.6 Å². The van der Waals surface area contributed by atoms with Crippen molar-refractivity contribution in [2.24, 2.45) is 5.92 Å². The molecule has 5 nitrogen and oxygen atoms in total. The first-order valence-corrected chi connectivity index (χ1v) is 8.47. The number of nitrogens with zero attached hydrogens (tertiary/aromatic N) is 1. The largest absolute Gasteiger partial charge is 0.422 e. The van der Waals surface area contributed by atoms with Gasteiger partial charge >= 0.3 is 5.63 Å². The fourth-order valence-electron chi connectivity index (χ4n) is 3.20. The molecule has 2 heterocycles. The van der Waals surface area contributed by atoms with E-state index in [1.807, 2.05) is 19.2 Å². The summed E-state index contributed by atoms with van der Waals surface area (Å²) in [5, 5.41) is 3.92. The Bertz CT molecular complexity index is 815. The molecule has 0 radical (unpaired) electrons. The van der Waals surface area contributed by atoms with Gasteiger partial charge in [-0.15, -0.1) is 0 Å². The Kier molecular flexibility index (Phi) is 4.55. The highest BCUT2D eigenvalue weighted by Gasteiger charge is 2.30. The lowest BCUT2D eigenvalue weighted by atomic mass is 10.1. The number of fused-ring (bicyclic) bond motifs is 1. The van der Waals surface area contributed by atoms with Gasteiger partial charge in [0.15, 0.2) is 0 Å². The van der Waals surface area contributed by atoms with Gasteiger partial charge in [0, 0.05) is 22.9 Å². The molecule has 1 unspecified atom stereocenters. The fourth-order valence-corrected chi connectivity index (χ4v) is 3.56. The smallest absolute Gasteiger partial charge is 0.349 e. The van der Waals surface area contributed by atoms with Crippen LogP contribution in [0, 0.1) is 12.8 Å². The van der Waals surface area contributed by atoms with E-state index in [9.17, 15) is 9.59 Å². The molecule has 1 N–H and O–H groups in total. The van der Waals surface area contributed by atoms with Crippen LogP contribution in [0.2, 0.25) is 0 Å². The summed E-state index contributed by atoms with van der Waals surface area (Å²) in [5.41, 5.74) is 0.779. The molecule has 1 aliphatic heterocycles. The second-order valence-corrected chi connectivity index (χ2v) is 6.91. The summed E-state index contributed by atoms with van der Waals surface area (Å²) in [6.07, 6.45) is 0.954. The van der Waals surface area contributed by atoms with Crippen LogP contribution >= 0.6 is 15.9 Å². The van der Waals surface area contributed by atoms with Crippen LogP contribution in [0.5, 0.6) is 0 Å². The molecule has 23 heavy (non-hydrogen) atoms. The maximum absolute atomic E-state index is 12.8. The quantitative estimate of drug-likeness (QED) is 0.833. The van der Waals surface area contributed by atoms with Crippen LogP contribution in [0.15, 0.2) is 31.9 Å². The highest BCUT2D eigenvalue weighted by molar-refractivity contribution is 9.10. The van der Waals surface area contributed by atoms with Crippen molar-refractivity contribution in [3.63, 3.8) is 0 Å². The van der Waals surface area contributed by atoms with Crippen LogP contribution < -0.4 is 10.9 Å². The monoisotopic (exact) mass is 378 g/mol. The van der Waals surface area contributed by atoms with Gasteiger partial charge in [-0.05, 0) is 56.6 Å². The summed E-state index contributed by atoms with van der Waals surface area (Å²) in [4.78, 5) is 26.9. The highest BCUT2D eigenvalue weighted by atomic mass is 79.9. The molecule has 122 valence electrons. The molecular weight excluding hydrogens is 360 g/mol. The van der Waals surface area contributed by atoms with Crippen molar-refractivity contribution in [3.05, 3.63) is 44.2 Å². The van der Waals surface area contributed by atoms with Crippen molar-refractivity contribution in [1.82, 2.24) is 10.2 Å². The Hall–Kier alpha value is -1.66. The third-order valence-electron chi connectivity index (χ3n) is 4.41. The van der Waals surface area contributed by atoms with Gasteiger partial charge in [-0.2, -0.15) is 0 Å². The van der Waals surface area contributed by atoms with E-state index in [0.29, 0.717) is 30.2 Å². The Labute approximate surface area is 142 Å². The Morgan fingerprint density at radius 1 is 1.48 bits per heavy atom. The van der Waals surface area contributed by atoms with Gasteiger partial charge in [0.1, 0.15) is 11.1 Å². The molecule has 1 amide bonds. The predicted octanol–water partition coefficient (Wildman–Crippen LogP) is 2.55. The minimum atomic E-state index is -0.556. The zero-order chi connectivity index (χ0) is 16.6. The van der Waals surface area contributed by atoms with E-state index in [2.05, 4.69) is 21.2 Å². The van der Waals surface area contributed by atoms with Crippen molar-refractivity contribution in [3.8, 4) is 0 Å². The molecule has 3 rings (SSSR count). The lowest BCUT2D eigenvalue weighted by Crippen LogP contribution is -2.34. The second-order valence-electron chi connectivity index (χ2n) is 5.99. The van der Waals surface area contributed by atoms with Crippen LogP contribution in [0.4, 0.5) is 0 Å². The molecule has 1 aromatic carbocycles. The molecule has 1 saturated heterocycles. The summed E-state index contributed by atoms with van der Waals surface area (Å²) < 4.78 is 6.23. The summed E-state index contributed by atoms with van der Waals surface area (Å²) in [6, 6.07) is 5.42. The Balaban J connectivity index is 1.99. The van der Waals surface area contributed by atoms with Crippen LogP contribution in [0.1, 0.15) is 22.3 Å². The maximum Gasteiger partial charge on any atom is 0.349 e. The van der Waals surface area contributed by atoms with E-state index >= 15 is 0 Å². The average Bonchev–Trinajstić information content (AvgIpc) is 2.97. The van der Waals surface area contributed by atoms with Crippen molar-refractivity contribution in [2.45, 2.75) is 13.3 Å². The first-order valence-electron chi connectivity index (χ1n) is 7.68. The number of benzene rings is 1. The standard InChI is InChI=1S/C17H19BrN2O3/c1-10-13-7-12(18)3-4-14(13)23-17(22)15(10)16(21)20-6-5-11(9-20)8-19-2/h3-4,7,11,19H,5-6,8-9H2,1-2H3. The van der Waals surface area contributed by atoms with E-state index in [-0.39, 0.29) is 11.5 Å². The number of aryl methyl sites for hydroxylation is 1.